The van der Waals surface area contributed by atoms with Crippen LogP contribution in [0.1, 0.15) is 30.1 Å². The summed E-state index contributed by atoms with van der Waals surface area (Å²) in [5.41, 5.74) is 1.10. The number of hydrogen-bond donors (Lipinski definition) is 3. The molecule has 1 unspecified atom stereocenters. The van der Waals surface area contributed by atoms with Gasteiger partial charge in [-0.3, -0.25) is 19.9 Å². The van der Waals surface area contributed by atoms with Gasteiger partial charge in [0.2, 0.25) is 6.41 Å². The Morgan fingerprint density at radius 2 is 2.23 bits per heavy atom. The summed E-state index contributed by atoms with van der Waals surface area (Å²) in [5, 5.41) is 14.4. The summed E-state index contributed by atoms with van der Waals surface area (Å²) in [4.78, 5) is 38.9. The lowest BCUT2D eigenvalue weighted by Gasteiger charge is -2.33. The second-order valence-electron chi connectivity index (χ2n) is 7.00. The van der Waals surface area contributed by atoms with Crippen LogP contribution in [0.5, 0.6) is 0 Å². The maximum atomic E-state index is 13.1. The first-order chi connectivity index (χ1) is 14.6. The lowest BCUT2D eigenvalue weighted by Crippen LogP contribution is -2.48. The first-order valence-corrected chi connectivity index (χ1v) is 10.7. The predicted octanol–water partition coefficient (Wildman–Crippen LogP) is 1.55. The van der Waals surface area contributed by atoms with Gasteiger partial charge in [0.25, 0.3) is 11.5 Å². The Bertz CT molecular complexity index is 1080. The zero-order valence-corrected chi connectivity index (χ0v) is 17.3. The van der Waals surface area contributed by atoms with Gasteiger partial charge in [-0.25, -0.2) is 4.98 Å². The average molecular weight is 430 g/mol. The van der Waals surface area contributed by atoms with Crippen molar-refractivity contribution < 1.29 is 14.6 Å². The Morgan fingerprint density at radius 1 is 1.43 bits per heavy atom. The number of H-pyrrole nitrogens is 1. The van der Waals surface area contributed by atoms with Crippen LogP contribution in [-0.4, -0.2) is 63.0 Å². The van der Waals surface area contributed by atoms with Gasteiger partial charge in [-0.1, -0.05) is 6.07 Å². The third-order valence-corrected chi connectivity index (χ3v) is 6.02. The van der Waals surface area contributed by atoms with Gasteiger partial charge in [0.05, 0.1) is 5.56 Å². The van der Waals surface area contributed by atoms with Crippen molar-refractivity contribution in [3.8, 4) is 11.5 Å². The Balaban J connectivity index is 1.53. The molecule has 1 saturated heterocycles. The summed E-state index contributed by atoms with van der Waals surface area (Å²) >= 11 is 1.22. The predicted molar refractivity (Wildman–Crippen MR) is 113 cm³/mol. The molecule has 0 spiro atoms. The summed E-state index contributed by atoms with van der Waals surface area (Å²) < 4.78 is 5.53. The van der Waals surface area contributed by atoms with Crippen LogP contribution in [0.2, 0.25) is 0 Å². The molecule has 3 aromatic rings. The highest BCUT2D eigenvalue weighted by molar-refractivity contribution is 7.17. The summed E-state index contributed by atoms with van der Waals surface area (Å²) in [6, 6.07) is 5.43. The molecule has 3 aromatic heterocycles. The minimum absolute atomic E-state index is 0.0755. The number of nitrogens with zero attached hydrogens (tertiary/aromatic N) is 3. The van der Waals surface area contributed by atoms with Crippen LogP contribution in [-0.2, 0) is 4.74 Å². The van der Waals surface area contributed by atoms with Crippen molar-refractivity contribution >= 4 is 27.5 Å². The fourth-order valence-electron chi connectivity index (χ4n) is 3.53. The fraction of sp³-hybridized carbons (Fsp3) is 0.400. The molecule has 30 heavy (non-hydrogen) atoms. The number of pyridine rings is 1. The molecule has 1 fully saturated rings. The van der Waals surface area contributed by atoms with Crippen LogP contribution in [0.15, 0.2) is 34.6 Å². The van der Waals surface area contributed by atoms with E-state index in [0.717, 1.165) is 0 Å². The number of aromatic nitrogens is 3. The van der Waals surface area contributed by atoms with E-state index in [9.17, 15) is 14.7 Å². The third-order valence-electron chi connectivity index (χ3n) is 5.05. The van der Waals surface area contributed by atoms with E-state index in [4.69, 9.17) is 4.74 Å². The van der Waals surface area contributed by atoms with Crippen molar-refractivity contribution in [2.24, 2.45) is 0 Å². The van der Waals surface area contributed by atoms with Crippen LogP contribution in [0.25, 0.3) is 21.7 Å². The lowest BCUT2D eigenvalue weighted by molar-refractivity contribution is -0.124. The van der Waals surface area contributed by atoms with Crippen molar-refractivity contribution in [2.75, 3.05) is 19.7 Å². The highest BCUT2D eigenvalue weighted by atomic mass is 32.1. The van der Waals surface area contributed by atoms with Crippen molar-refractivity contribution in [2.45, 2.75) is 32.2 Å². The summed E-state index contributed by atoms with van der Waals surface area (Å²) in [6.07, 6.45) is 2.03. The molecule has 0 radical (unpaired) electrons. The number of hydrogen-bond acceptors (Lipinski definition) is 8. The van der Waals surface area contributed by atoms with E-state index in [2.05, 4.69) is 20.3 Å². The van der Waals surface area contributed by atoms with E-state index in [1.54, 1.807) is 28.6 Å². The Kier molecular flexibility index (Phi) is 6.18. The van der Waals surface area contributed by atoms with Crippen molar-refractivity contribution in [1.29, 1.82) is 0 Å². The van der Waals surface area contributed by atoms with Crippen molar-refractivity contribution in [3.63, 3.8) is 0 Å². The largest absolute Gasteiger partial charge is 0.356 e. The maximum Gasteiger partial charge on any atom is 0.269 e. The molecule has 0 saturated carbocycles. The van der Waals surface area contributed by atoms with Gasteiger partial charge in [-0.2, -0.15) is 0 Å². The molecule has 0 aromatic carbocycles. The monoisotopic (exact) mass is 429 g/mol. The van der Waals surface area contributed by atoms with Crippen LogP contribution < -0.4 is 10.9 Å². The Hall–Kier alpha value is -2.66. The number of aliphatic hydroxyl groups excluding tert-OH is 1. The number of carbonyl (C=O) groups excluding carboxylic acids is 1. The second-order valence-corrected chi connectivity index (χ2v) is 7.88. The van der Waals surface area contributed by atoms with E-state index >= 15 is 0 Å². The molecular formula is C20H23N5O4S. The highest BCUT2D eigenvalue weighted by Gasteiger charge is 2.27. The smallest absolute Gasteiger partial charge is 0.269 e. The van der Waals surface area contributed by atoms with Gasteiger partial charge in [0.15, 0.2) is 5.82 Å². The SMILES string of the molecule is CCOC(O)NC1CCN(C(=O)c2csc3c(=O)[nH]c(-c4ccccn4)nc23)CC1. The van der Waals surface area contributed by atoms with Crippen LogP contribution in [0.3, 0.4) is 0 Å². The number of amides is 1. The van der Waals surface area contributed by atoms with Gasteiger partial charge in [-0.15, -0.1) is 11.3 Å². The molecule has 1 amide bonds. The van der Waals surface area contributed by atoms with Crippen LogP contribution in [0, 0.1) is 0 Å². The van der Waals surface area contributed by atoms with Gasteiger partial charge < -0.3 is 19.7 Å². The van der Waals surface area contributed by atoms with Gasteiger partial charge in [-0.05, 0) is 31.9 Å². The zero-order valence-electron chi connectivity index (χ0n) is 16.5. The lowest BCUT2D eigenvalue weighted by atomic mass is 10.0. The number of nitrogens with one attached hydrogen (secondary N) is 2. The van der Waals surface area contributed by atoms with E-state index in [1.165, 1.54) is 11.3 Å². The number of aliphatic hydroxyl groups is 1. The third kappa shape index (κ3) is 4.26. The molecule has 10 heteroatoms. The number of thiophene rings is 1. The summed E-state index contributed by atoms with van der Waals surface area (Å²) in [5.74, 6) is 0.198. The van der Waals surface area contributed by atoms with Crippen molar-refractivity contribution in [3.05, 3.63) is 45.7 Å². The zero-order chi connectivity index (χ0) is 21.1. The van der Waals surface area contributed by atoms with Crippen molar-refractivity contribution in [1.82, 2.24) is 25.2 Å². The van der Waals surface area contributed by atoms with Gasteiger partial charge >= 0.3 is 0 Å². The normalized spacial score (nSPS) is 16.1. The van der Waals surface area contributed by atoms with Gasteiger partial charge in [0, 0.05) is 37.3 Å². The molecule has 1 aliphatic heterocycles. The molecule has 9 nitrogen and oxygen atoms in total. The topological polar surface area (TPSA) is 120 Å². The number of likely N-dealkylation sites (tertiary alicyclic amines) is 1. The highest BCUT2D eigenvalue weighted by Crippen LogP contribution is 2.25. The van der Waals surface area contributed by atoms with Crippen LogP contribution in [0.4, 0.5) is 0 Å². The van der Waals surface area contributed by atoms with E-state index in [0.29, 0.717) is 59.8 Å². The Labute approximate surface area is 176 Å². The standard InChI is InChI=1S/C20H23N5O4S/c1-2-29-20(28)22-12-6-9-25(10-7-12)19(27)13-11-30-16-15(13)23-17(24-18(16)26)14-5-3-4-8-21-14/h3-5,8,11-12,20,22,28H,2,6-7,9-10H2,1H3,(H,23,24,26). The molecule has 4 heterocycles. The molecule has 3 N–H and O–H groups in total. The number of piperidine rings is 1. The molecule has 4 rings (SSSR count). The fourth-order valence-corrected chi connectivity index (χ4v) is 4.40. The molecule has 0 bridgehead atoms. The number of fused-ring (bicyclic) bond motifs is 1. The second kappa shape index (κ2) is 9.00. The molecule has 1 atom stereocenters. The molecule has 0 aliphatic carbocycles. The van der Waals surface area contributed by atoms with E-state index < -0.39 is 6.41 Å². The number of carbonyl (C=O) groups is 1. The number of ether oxygens (including phenoxy) is 1. The molecule has 1 aliphatic rings. The minimum atomic E-state index is -0.996. The molecular weight excluding hydrogens is 406 g/mol. The quantitative estimate of drug-likeness (QED) is 0.509. The first kappa shape index (κ1) is 20.6. The summed E-state index contributed by atoms with van der Waals surface area (Å²) in [7, 11) is 0. The molecule has 158 valence electrons. The average Bonchev–Trinajstić information content (AvgIpc) is 3.19. The maximum absolute atomic E-state index is 13.1. The number of aromatic amines is 1. The first-order valence-electron chi connectivity index (χ1n) is 9.84. The van der Waals surface area contributed by atoms with Gasteiger partial charge in [0.1, 0.15) is 15.9 Å². The minimum Gasteiger partial charge on any atom is -0.356 e. The number of rotatable bonds is 6. The summed E-state index contributed by atoms with van der Waals surface area (Å²) in [6.45, 7) is 3.32. The van der Waals surface area contributed by atoms with Crippen LogP contribution >= 0.6 is 11.3 Å². The van der Waals surface area contributed by atoms with E-state index in [-0.39, 0.29) is 17.5 Å². The van der Waals surface area contributed by atoms with E-state index in [1.807, 2.05) is 13.0 Å². The Morgan fingerprint density at radius 3 is 2.93 bits per heavy atom.